The van der Waals surface area contributed by atoms with E-state index in [0.717, 1.165) is 0 Å². The first kappa shape index (κ1) is 13.8. The largest absolute Gasteiger partial charge is 0.497 e. The minimum absolute atomic E-state index is 0.134. The molecule has 0 aliphatic heterocycles. The van der Waals surface area contributed by atoms with Gasteiger partial charge in [0.1, 0.15) is 5.75 Å². The summed E-state index contributed by atoms with van der Waals surface area (Å²) in [6.07, 6.45) is -1.66. The molecule has 0 fully saturated rings. The molecule has 0 heterocycles. The zero-order valence-electron chi connectivity index (χ0n) is 10.1. The van der Waals surface area contributed by atoms with E-state index in [1.54, 1.807) is 0 Å². The molecule has 0 saturated heterocycles. The summed E-state index contributed by atoms with van der Waals surface area (Å²) in [6, 6.07) is 5.57. The summed E-state index contributed by atoms with van der Waals surface area (Å²) in [7, 11) is -1.32. The van der Waals surface area contributed by atoms with E-state index in [1.165, 1.54) is 24.3 Å². The minimum atomic E-state index is -2.30. The second kappa shape index (κ2) is 5.40. The van der Waals surface area contributed by atoms with Gasteiger partial charge in [-0.15, -0.1) is 0 Å². The minimum Gasteiger partial charge on any atom is -0.497 e. The summed E-state index contributed by atoms with van der Waals surface area (Å²) in [6.45, 7) is 6.47. The second-order valence-corrected chi connectivity index (χ2v) is 10.4. The Kier molecular flexibility index (Phi) is 4.39. The van der Waals surface area contributed by atoms with Crippen molar-refractivity contribution in [2.24, 2.45) is 0 Å². The predicted molar refractivity (Wildman–Crippen MR) is 65.5 cm³/mol. The van der Waals surface area contributed by atoms with Crippen molar-refractivity contribution in [2.45, 2.75) is 19.6 Å². The van der Waals surface area contributed by atoms with E-state index in [0.29, 0.717) is 12.0 Å². The summed E-state index contributed by atoms with van der Waals surface area (Å²) in [5, 5.41) is 0. The molecule has 94 valence electrons. The third kappa shape index (κ3) is 4.64. The Balaban J connectivity index is 2.73. The van der Waals surface area contributed by atoms with Crippen molar-refractivity contribution in [1.82, 2.24) is 0 Å². The van der Waals surface area contributed by atoms with Crippen LogP contribution in [-0.2, 0) is 0 Å². The Labute approximate surface area is 99.9 Å². The lowest BCUT2D eigenvalue weighted by Gasteiger charge is -2.16. The van der Waals surface area contributed by atoms with Crippen LogP contribution in [0.15, 0.2) is 30.3 Å². The summed E-state index contributed by atoms with van der Waals surface area (Å²) >= 11 is 0. The Morgan fingerprint density at radius 2 is 1.59 bits per heavy atom. The number of ether oxygens (including phenoxy) is 1. The standard InChI is InChI=1S/C12H15F3OSi/c1-17(2,3)8-16-10-6-4-9(5-7-10)11(13)12(14)15/h4-7H,8H2,1-3H3. The fourth-order valence-electron chi connectivity index (χ4n) is 1.11. The Morgan fingerprint density at radius 3 is 2.00 bits per heavy atom. The lowest BCUT2D eigenvalue weighted by molar-refractivity contribution is 0.378. The van der Waals surface area contributed by atoms with Gasteiger partial charge in [-0.25, -0.2) is 4.39 Å². The van der Waals surface area contributed by atoms with E-state index in [-0.39, 0.29) is 5.56 Å². The molecule has 0 radical (unpaired) electrons. The lowest BCUT2D eigenvalue weighted by Crippen LogP contribution is -2.29. The van der Waals surface area contributed by atoms with E-state index in [4.69, 9.17) is 4.74 Å². The lowest BCUT2D eigenvalue weighted by atomic mass is 10.2. The molecule has 1 rings (SSSR count). The number of rotatable bonds is 4. The Morgan fingerprint density at radius 1 is 1.06 bits per heavy atom. The average Bonchev–Trinajstić information content (AvgIpc) is 2.25. The molecule has 0 spiro atoms. The molecule has 0 atom stereocenters. The van der Waals surface area contributed by atoms with E-state index in [9.17, 15) is 13.2 Å². The van der Waals surface area contributed by atoms with Crippen molar-refractivity contribution in [2.75, 3.05) is 6.23 Å². The summed E-state index contributed by atoms with van der Waals surface area (Å²) in [5.74, 6) is -0.912. The molecule has 1 aromatic rings. The third-order valence-electron chi connectivity index (χ3n) is 1.95. The van der Waals surface area contributed by atoms with Gasteiger partial charge in [0.15, 0.2) is 5.83 Å². The van der Waals surface area contributed by atoms with E-state index in [2.05, 4.69) is 19.6 Å². The molecule has 0 saturated carbocycles. The third-order valence-corrected chi connectivity index (χ3v) is 2.96. The van der Waals surface area contributed by atoms with Gasteiger partial charge in [0, 0.05) is 5.56 Å². The van der Waals surface area contributed by atoms with Gasteiger partial charge in [0.2, 0.25) is 0 Å². The van der Waals surface area contributed by atoms with Crippen LogP contribution in [0.5, 0.6) is 5.75 Å². The van der Waals surface area contributed by atoms with Crippen molar-refractivity contribution in [1.29, 1.82) is 0 Å². The molecular weight excluding hydrogens is 245 g/mol. The fourth-order valence-corrected chi connectivity index (χ4v) is 1.71. The van der Waals surface area contributed by atoms with E-state index >= 15 is 0 Å². The monoisotopic (exact) mass is 260 g/mol. The van der Waals surface area contributed by atoms with Gasteiger partial charge in [-0.1, -0.05) is 19.6 Å². The van der Waals surface area contributed by atoms with Crippen LogP contribution >= 0.6 is 0 Å². The molecule has 0 aliphatic rings. The number of benzene rings is 1. The van der Waals surface area contributed by atoms with Gasteiger partial charge in [-0.3, -0.25) is 0 Å². The van der Waals surface area contributed by atoms with Crippen molar-refractivity contribution >= 4 is 13.9 Å². The van der Waals surface area contributed by atoms with E-state index in [1.807, 2.05) is 0 Å². The van der Waals surface area contributed by atoms with Crippen LogP contribution in [0.4, 0.5) is 13.2 Å². The zero-order valence-corrected chi connectivity index (χ0v) is 11.1. The van der Waals surface area contributed by atoms with Crippen LogP contribution in [-0.4, -0.2) is 14.3 Å². The molecule has 0 aromatic heterocycles. The summed E-state index contributed by atoms with van der Waals surface area (Å²) < 4.78 is 42.4. The number of hydrogen-bond acceptors (Lipinski definition) is 1. The first-order chi connectivity index (χ1) is 7.79. The van der Waals surface area contributed by atoms with Gasteiger partial charge in [0.05, 0.1) is 14.3 Å². The zero-order chi connectivity index (χ0) is 13.1. The SMILES string of the molecule is C[Si](C)(C)COc1ccc(C(F)=C(F)F)cc1. The van der Waals surface area contributed by atoms with Gasteiger partial charge >= 0.3 is 6.08 Å². The molecule has 0 aliphatic carbocycles. The van der Waals surface area contributed by atoms with Crippen LogP contribution in [0.3, 0.4) is 0 Å². The maximum atomic E-state index is 12.9. The van der Waals surface area contributed by atoms with Crippen molar-refractivity contribution in [3.8, 4) is 5.75 Å². The Bertz CT molecular complexity index is 403. The summed E-state index contributed by atoms with van der Waals surface area (Å²) in [5.41, 5.74) is -0.134. The van der Waals surface area contributed by atoms with Crippen LogP contribution in [0.1, 0.15) is 5.56 Å². The topological polar surface area (TPSA) is 9.23 Å². The first-order valence-corrected chi connectivity index (χ1v) is 8.94. The van der Waals surface area contributed by atoms with Crippen molar-refractivity contribution < 1.29 is 17.9 Å². The first-order valence-electron chi connectivity index (χ1n) is 5.23. The molecule has 1 aromatic carbocycles. The number of halogens is 3. The quantitative estimate of drug-likeness (QED) is 0.725. The maximum Gasteiger partial charge on any atom is 0.306 e. The second-order valence-electron chi connectivity index (χ2n) is 4.95. The molecule has 1 nitrogen and oxygen atoms in total. The maximum absolute atomic E-state index is 12.9. The van der Waals surface area contributed by atoms with Gasteiger partial charge in [-0.2, -0.15) is 8.78 Å². The molecule has 17 heavy (non-hydrogen) atoms. The smallest absolute Gasteiger partial charge is 0.306 e. The van der Waals surface area contributed by atoms with Gasteiger partial charge in [-0.05, 0) is 24.3 Å². The highest BCUT2D eigenvalue weighted by atomic mass is 28.3. The van der Waals surface area contributed by atoms with Crippen LogP contribution in [0.25, 0.3) is 5.83 Å². The average molecular weight is 260 g/mol. The molecular formula is C12H15F3OSi. The van der Waals surface area contributed by atoms with Crippen LogP contribution in [0, 0.1) is 0 Å². The molecule has 0 bridgehead atoms. The normalized spacial score (nSPS) is 11.2. The van der Waals surface area contributed by atoms with Gasteiger partial charge in [0.25, 0.3) is 0 Å². The van der Waals surface area contributed by atoms with Crippen molar-refractivity contribution in [3.63, 3.8) is 0 Å². The molecule has 5 heteroatoms. The molecule has 0 N–H and O–H groups in total. The fraction of sp³-hybridized carbons (Fsp3) is 0.333. The van der Waals surface area contributed by atoms with Crippen LogP contribution < -0.4 is 4.74 Å². The predicted octanol–water partition coefficient (Wildman–Crippen LogP) is 4.48. The summed E-state index contributed by atoms with van der Waals surface area (Å²) in [4.78, 5) is 0. The Hall–Kier alpha value is -1.23. The molecule has 0 amide bonds. The van der Waals surface area contributed by atoms with Crippen LogP contribution in [0.2, 0.25) is 19.6 Å². The van der Waals surface area contributed by atoms with Crippen molar-refractivity contribution in [3.05, 3.63) is 35.9 Å². The van der Waals surface area contributed by atoms with E-state index < -0.39 is 20.0 Å². The highest BCUT2D eigenvalue weighted by Crippen LogP contribution is 2.24. The highest BCUT2D eigenvalue weighted by Gasteiger charge is 2.14. The van der Waals surface area contributed by atoms with Gasteiger partial charge < -0.3 is 4.74 Å². The highest BCUT2D eigenvalue weighted by molar-refractivity contribution is 6.76. The molecule has 0 unspecified atom stereocenters. The number of hydrogen-bond donors (Lipinski definition) is 0.